The fourth-order valence-corrected chi connectivity index (χ4v) is 1.57. The predicted octanol–water partition coefficient (Wildman–Crippen LogP) is 1.15. The van der Waals surface area contributed by atoms with E-state index in [-0.39, 0.29) is 17.7 Å². The number of nitrogens with zero attached hydrogens (tertiary/aromatic N) is 1. The minimum atomic E-state index is -1.32. The Morgan fingerprint density at radius 3 is 2.63 bits per heavy atom. The molecule has 102 valence electrons. The standard InChI is InChI=1S/C12H13NO6/c1-19-12(16)7-8(14)6-11(15)9-4-2-3-5-10(9)13(17)18/h2-5,11,15H,6-7H2,1H3. The second-order valence-electron chi connectivity index (χ2n) is 3.83. The lowest BCUT2D eigenvalue weighted by molar-refractivity contribution is -0.386. The highest BCUT2D eigenvalue weighted by Gasteiger charge is 2.22. The van der Waals surface area contributed by atoms with Gasteiger partial charge in [0, 0.05) is 12.5 Å². The smallest absolute Gasteiger partial charge is 0.313 e. The fraction of sp³-hybridized carbons (Fsp3) is 0.333. The van der Waals surface area contributed by atoms with Crippen molar-refractivity contribution < 1.29 is 24.4 Å². The molecule has 0 bridgehead atoms. The number of para-hydroxylation sites is 1. The van der Waals surface area contributed by atoms with E-state index in [4.69, 9.17) is 0 Å². The van der Waals surface area contributed by atoms with Crippen LogP contribution >= 0.6 is 0 Å². The Kier molecular flexibility index (Phi) is 5.13. The molecule has 1 aromatic rings. The Balaban J connectivity index is 2.78. The summed E-state index contributed by atoms with van der Waals surface area (Å²) in [4.78, 5) is 32.5. The molecule has 0 heterocycles. The Morgan fingerprint density at radius 1 is 1.42 bits per heavy atom. The third kappa shape index (κ3) is 4.14. The van der Waals surface area contributed by atoms with Gasteiger partial charge >= 0.3 is 5.97 Å². The van der Waals surface area contributed by atoms with Crippen molar-refractivity contribution in [3.8, 4) is 0 Å². The second-order valence-corrected chi connectivity index (χ2v) is 3.83. The summed E-state index contributed by atoms with van der Waals surface area (Å²) in [7, 11) is 1.15. The molecular weight excluding hydrogens is 254 g/mol. The highest BCUT2D eigenvalue weighted by Crippen LogP contribution is 2.27. The molecule has 1 aromatic carbocycles. The number of carbonyl (C=O) groups excluding carboxylic acids is 2. The van der Waals surface area contributed by atoms with Crippen LogP contribution in [0.4, 0.5) is 5.69 Å². The summed E-state index contributed by atoms with van der Waals surface area (Å²) >= 11 is 0. The van der Waals surface area contributed by atoms with E-state index in [1.54, 1.807) is 0 Å². The van der Waals surface area contributed by atoms with Crippen LogP contribution in [0.3, 0.4) is 0 Å². The van der Waals surface area contributed by atoms with Crippen LogP contribution in [0, 0.1) is 10.1 Å². The van der Waals surface area contributed by atoms with Gasteiger partial charge in [-0.1, -0.05) is 12.1 Å². The van der Waals surface area contributed by atoms with Gasteiger partial charge < -0.3 is 9.84 Å². The van der Waals surface area contributed by atoms with E-state index >= 15 is 0 Å². The molecule has 0 spiro atoms. The average Bonchev–Trinajstić information content (AvgIpc) is 2.38. The van der Waals surface area contributed by atoms with E-state index in [1.807, 2.05) is 0 Å². The van der Waals surface area contributed by atoms with Gasteiger partial charge in [-0.15, -0.1) is 0 Å². The minimum absolute atomic E-state index is 0.0470. The van der Waals surface area contributed by atoms with Gasteiger partial charge in [0.15, 0.2) is 0 Å². The largest absolute Gasteiger partial charge is 0.469 e. The van der Waals surface area contributed by atoms with Gasteiger partial charge in [-0.25, -0.2) is 0 Å². The topological polar surface area (TPSA) is 107 Å². The Labute approximate surface area is 109 Å². The van der Waals surface area contributed by atoms with Crippen LogP contribution in [0.1, 0.15) is 24.5 Å². The summed E-state index contributed by atoms with van der Waals surface area (Å²) in [6.45, 7) is 0. The highest BCUT2D eigenvalue weighted by molar-refractivity contribution is 5.95. The molecular formula is C12H13NO6. The number of nitro benzene ring substituents is 1. The number of ketones is 1. The van der Waals surface area contributed by atoms with Crippen molar-refractivity contribution in [2.75, 3.05) is 7.11 Å². The molecule has 1 rings (SSSR count). The summed E-state index contributed by atoms with van der Waals surface area (Å²) in [6.07, 6.45) is -2.16. The summed E-state index contributed by atoms with van der Waals surface area (Å²) in [5.74, 6) is -1.25. The number of aliphatic hydroxyl groups is 1. The summed E-state index contributed by atoms with van der Waals surface area (Å²) in [5.41, 5.74) is -0.216. The Bertz CT molecular complexity index is 499. The lowest BCUT2D eigenvalue weighted by Gasteiger charge is -2.10. The quantitative estimate of drug-likeness (QED) is 0.358. The van der Waals surface area contributed by atoms with Gasteiger partial charge in [0.2, 0.25) is 0 Å². The van der Waals surface area contributed by atoms with Crippen LogP contribution in [0.2, 0.25) is 0 Å². The lowest BCUT2D eigenvalue weighted by Crippen LogP contribution is -2.13. The van der Waals surface area contributed by atoms with Crippen molar-refractivity contribution in [1.29, 1.82) is 0 Å². The van der Waals surface area contributed by atoms with Gasteiger partial charge in [-0.2, -0.15) is 0 Å². The molecule has 1 unspecified atom stereocenters. The van der Waals surface area contributed by atoms with Crippen LogP contribution in [-0.4, -0.2) is 28.9 Å². The summed E-state index contributed by atoms with van der Waals surface area (Å²) in [6, 6.07) is 5.60. The molecule has 0 saturated carbocycles. The second kappa shape index (κ2) is 6.60. The maximum Gasteiger partial charge on any atom is 0.313 e. The minimum Gasteiger partial charge on any atom is -0.469 e. The first-order valence-electron chi connectivity index (χ1n) is 5.45. The molecule has 0 aliphatic heterocycles. The molecule has 0 saturated heterocycles. The number of rotatable bonds is 6. The molecule has 1 N–H and O–H groups in total. The monoisotopic (exact) mass is 267 g/mol. The number of carbonyl (C=O) groups is 2. The molecule has 0 radical (unpaired) electrons. The summed E-state index contributed by atoms with van der Waals surface area (Å²) in [5, 5.41) is 20.6. The first-order valence-corrected chi connectivity index (χ1v) is 5.45. The molecule has 19 heavy (non-hydrogen) atoms. The molecule has 0 amide bonds. The molecule has 7 heteroatoms. The molecule has 0 aliphatic carbocycles. The number of methoxy groups -OCH3 is 1. The van der Waals surface area contributed by atoms with Gasteiger partial charge in [0.25, 0.3) is 5.69 Å². The number of hydrogen-bond donors (Lipinski definition) is 1. The molecule has 7 nitrogen and oxygen atoms in total. The lowest BCUT2D eigenvalue weighted by atomic mass is 10.0. The zero-order valence-corrected chi connectivity index (χ0v) is 10.2. The Morgan fingerprint density at radius 2 is 2.05 bits per heavy atom. The maximum absolute atomic E-state index is 11.4. The van der Waals surface area contributed by atoms with Crippen LogP contribution in [0.5, 0.6) is 0 Å². The van der Waals surface area contributed by atoms with E-state index in [0.717, 1.165) is 7.11 Å². The zero-order valence-electron chi connectivity index (χ0n) is 10.2. The zero-order chi connectivity index (χ0) is 14.4. The van der Waals surface area contributed by atoms with Crippen LogP contribution in [-0.2, 0) is 14.3 Å². The van der Waals surface area contributed by atoms with E-state index in [0.29, 0.717) is 0 Å². The van der Waals surface area contributed by atoms with E-state index in [9.17, 15) is 24.8 Å². The summed E-state index contributed by atoms with van der Waals surface area (Å²) < 4.78 is 4.32. The molecule has 0 aromatic heterocycles. The number of esters is 1. The van der Waals surface area contributed by atoms with Crippen LogP contribution in [0.25, 0.3) is 0 Å². The van der Waals surface area contributed by atoms with Crippen molar-refractivity contribution >= 4 is 17.4 Å². The number of hydrogen-bond acceptors (Lipinski definition) is 6. The van der Waals surface area contributed by atoms with E-state index < -0.39 is 29.2 Å². The number of Topliss-reactive ketones (excluding diaryl/α,β-unsaturated/α-hetero) is 1. The number of aliphatic hydroxyl groups excluding tert-OH is 1. The molecule has 1 atom stereocenters. The Hall–Kier alpha value is -2.28. The van der Waals surface area contributed by atoms with Crippen molar-refractivity contribution in [3.05, 3.63) is 39.9 Å². The van der Waals surface area contributed by atoms with Crippen molar-refractivity contribution in [3.63, 3.8) is 0 Å². The van der Waals surface area contributed by atoms with Crippen molar-refractivity contribution in [2.45, 2.75) is 18.9 Å². The van der Waals surface area contributed by atoms with Crippen LogP contribution in [0.15, 0.2) is 24.3 Å². The average molecular weight is 267 g/mol. The number of nitro groups is 1. The molecule has 0 fully saturated rings. The first kappa shape index (κ1) is 14.8. The number of benzene rings is 1. The highest BCUT2D eigenvalue weighted by atomic mass is 16.6. The fourth-order valence-electron chi connectivity index (χ4n) is 1.57. The number of ether oxygens (including phenoxy) is 1. The van der Waals surface area contributed by atoms with E-state index in [1.165, 1.54) is 24.3 Å². The van der Waals surface area contributed by atoms with Gasteiger partial charge in [0.1, 0.15) is 12.2 Å². The first-order chi connectivity index (χ1) is 8.95. The van der Waals surface area contributed by atoms with Gasteiger partial charge in [-0.05, 0) is 6.07 Å². The third-order valence-electron chi connectivity index (χ3n) is 2.48. The van der Waals surface area contributed by atoms with E-state index in [2.05, 4.69) is 4.74 Å². The van der Waals surface area contributed by atoms with Gasteiger partial charge in [0.05, 0.1) is 23.7 Å². The molecule has 0 aliphatic rings. The maximum atomic E-state index is 11.4. The van der Waals surface area contributed by atoms with Gasteiger partial charge in [-0.3, -0.25) is 19.7 Å². The van der Waals surface area contributed by atoms with Crippen molar-refractivity contribution in [2.24, 2.45) is 0 Å². The predicted molar refractivity (Wildman–Crippen MR) is 64.3 cm³/mol. The third-order valence-corrected chi connectivity index (χ3v) is 2.48. The SMILES string of the molecule is COC(=O)CC(=O)CC(O)c1ccccc1[N+](=O)[O-]. The van der Waals surface area contributed by atoms with Crippen LogP contribution < -0.4 is 0 Å². The van der Waals surface area contributed by atoms with Crippen molar-refractivity contribution in [1.82, 2.24) is 0 Å². The normalized spacial score (nSPS) is 11.7.